The van der Waals surface area contributed by atoms with Gasteiger partial charge in [0, 0.05) is 33.9 Å². The highest BCUT2D eigenvalue weighted by atomic mass is 16.5. The molecule has 0 bridgehead atoms. The number of nitrogens with zero attached hydrogens (tertiary/aromatic N) is 2. The summed E-state index contributed by atoms with van der Waals surface area (Å²) >= 11 is 0. The second kappa shape index (κ2) is 6.44. The van der Waals surface area contributed by atoms with Crippen molar-refractivity contribution in [2.75, 3.05) is 7.11 Å². The summed E-state index contributed by atoms with van der Waals surface area (Å²) in [6.45, 7) is 0.723. The Labute approximate surface area is 150 Å². The topological polar surface area (TPSA) is 74.2 Å². The first-order chi connectivity index (χ1) is 12.7. The fourth-order valence-electron chi connectivity index (χ4n) is 3.39. The van der Waals surface area contributed by atoms with Gasteiger partial charge in [-0.1, -0.05) is 30.3 Å². The van der Waals surface area contributed by atoms with Crippen molar-refractivity contribution in [3.05, 3.63) is 77.9 Å². The molecule has 0 aliphatic carbocycles. The van der Waals surface area contributed by atoms with Crippen LogP contribution >= 0.6 is 0 Å². The highest BCUT2D eigenvalue weighted by Gasteiger charge is 2.12. The van der Waals surface area contributed by atoms with E-state index in [1.807, 2.05) is 48.5 Å². The Morgan fingerprint density at radius 1 is 0.962 bits per heavy atom. The van der Waals surface area contributed by atoms with E-state index in [1.54, 1.807) is 7.11 Å². The van der Waals surface area contributed by atoms with Crippen molar-refractivity contribution in [3.63, 3.8) is 0 Å². The highest BCUT2D eigenvalue weighted by Crippen LogP contribution is 2.31. The van der Waals surface area contributed by atoms with Gasteiger partial charge in [0.15, 0.2) is 5.84 Å². The smallest absolute Gasteiger partial charge is 0.173 e. The standard InChI is InChI=1S/C21H18N4O/c1-26-16-6-4-5-14(11-16)13-25-19-8-3-2-7-17(19)18-12-15(21(22)24-23)9-10-20(18)25/h2-12,22-23H,13H2,1H3. The normalized spacial score (nSPS) is 11.0. The molecule has 0 saturated heterocycles. The van der Waals surface area contributed by atoms with Crippen LogP contribution in [0.4, 0.5) is 0 Å². The maximum Gasteiger partial charge on any atom is 0.173 e. The molecule has 0 saturated carbocycles. The van der Waals surface area contributed by atoms with Gasteiger partial charge in [0.05, 0.1) is 7.11 Å². The van der Waals surface area contributed by atoms with Crippen LogP contribution in [-0.4, -0.2) is 17.5 Å². The quantitative estimate of drug-likeness (QED) is 0.298. The Morgan fingerprint density at radius 2 is 1.77 bits per heavy atom. The molecule has 26 heavy (non-hydrogen) atoms. The Balaban J connectivity index is 1.92. The molecule has 1 aromatic heterocycles. The van der Waals surface area contributed by atoms with Gasteiger partial charge in [-0.2, -0.15) is 0 Å². The van der Waals surface area contributed by atoms with Crippen LogP contribution in [-0.2, 0) is 6.54 Å². The Hall–Kier alpha value is -3.47. The summed E-state index contributed by atoms with van der Waals surface area (Å²) in [4.78, 5) is 0. The van der Waals surface area contributed by atoms with Gasteiger partial charge < -0.3 is 9.30 Å². The number of ether oxygens (including phenoxy) is 1. The zero-order chi connectivity index (χ0) is 18.1. The molecule has 3 aromatic carbocycles. The minimum absolute atomic E-state index is 0.0310. The molecule has 128 valence electrons. The van der Waals surface area contributed by atoms with Gasteiger partial charge >= 0.3 is 0 Å². The van der Waals surface area contributed by atoms with Crippen molar-refractivity contribution in [2.24, 2.45) is 5.11 Å². The number of fused-ring (bicyclic) bond motifs is 3. The maximum atomic E-state index is 7.82. The van der Waals surface area contributed by atoms with Crippen LogP contribution in [0.25, 0.3) is 21.8 Å². The highest BCUT2D eigenvalue weighted by molar-refractivity contribution is 6.11. The predicted molar refractivity (Wildman–Crippen MR) is 104 cm³/mol. The van der Waals surface area contributed by atoms with Gasteiger partial charge in [-0.25, -0.2) is 5.53 Å². The van der Waals surface area contributed by atoms with Crippen LogP contribution in [0, 0.1) is 10.9 Å². The number of methoxy groups -OCH3 is 1. The van der Waals surface area contributed by atoms with E-state index in [2.05, 4.69) is 27.9 Å². The predicted octanol–water partition coefficient (Wildman–Crippen LogP) is 5.21. The van der Waals surface area contributed by atoms with Crippen LogP contribution in [0.15, 0.2) is 71.8 Å². The van der Waals surface area contributed by atoms with Crippen molar-refractivity contribution >= 4 is 27.6 Å². The van der Waals surface area contributed by atoms with Gasteiger partial charge in [0.2, 0.25) is 0 Å². The van der Waals surface area contributed by atoms with Gasteiger partial charge in [0.1, 0.15) is 5.75 Å². The third-order valence-electron chi connectivity index (χ3n) is 4.63. The van der Waals surface area contributed by atoms with E-state index in [-0.39, 0.29) is 5.84 Å². The minimum atomic E-state index is -0.0310. The van der Waals surface area contributed by atoms with E-state index in [4.69, 9.17) is 15.7 Å². The first-order valence-electron chi connectivity index (χ1n) is 8.31. The molecule has 0 atom stereocenters. The number of hydrogen-bond acceptors (Lipinski definition) is 3. The van der Waals surface area contributed by atoms with E-state index in [1.165, 1.54) is 0 Å². The molecule has 0 aliphatic rings. The number of amidine groups is 1. The monoisotopic (exact) mass is 342 g/mol. The molecule has 1 heterocycles. The molecule has 0 radical (unpaired) electrons. The fraction of sp³-hybridized carbons (Fsp3) is 0.0952. The summed E-state index contributed by atoms with van der Waals surface area (Å²) in [5, 5.41) is 13.3. The van der Waals surface area contributed by atoms with E-state index in [9.17, 15) is 0 Å². The summed E-state index contributed by atoms with van der Waals surface area (Å²) in [5.41, 5.74) is 11.1. The molecule has 5 nitrogen and oxygen atoms in total. The van der Waals surface area contributed by atoms with Crippen molar-refractivity contribution < 1.29 is 4.74 Å². The molecule has 0 amide bonds. The van der Waals surface area contributed by atoms with Crippen molar-refractivity contribution in [3.8, 4) is 5.75 Å². The SMILES string of the molecule is COc1cccc(Cn2c3ccccc3c3cc(C(=N)N=N)ccc32)c1. The third kappa shape index (κ3) is 2.63. The van der Waals surface area contributed by atoms with Gasteiger partial charge in [-0.15, -0.1) is 5.11 Å². The van der Waals surface area contributed by atoms with Crippen LogP contribution in [0.5, 0.6) is 5.75 Å². The Kier molecular flexibility index (Phi) is 3.97. The van der Waals surface area contributed by atoms with E-state index in [0.29, 0.717) is 5.56 Å². The average molecular weight is 342 g/mol. The fourth-order valence-corrected chi connectivity index (χ4v) is 3.39. The molecule has 5 heteroatoms. The number of aromatic nitrogens is 1. The van der Waals surface area contributed by atoms with Gasteiger partial charge in [-0.05, 0) is 42.0 Å². The van der Waals surface area contributed by atoms with Gasteiger partial charge in [-0.3, -0.25) is 5.41 Å². The zero-order valence-electron chi connectivity index (χ0n) is 14.4. The van der Waals surface area contributed by atoms with Gasteiger partial charge in [0.25, 0.3) is 0 Å². The number of nitrogens with one attached hydrogen (secondary N) is 2. The molecular formula is C21H18N4O. The van der Waals surface area contributed by atoms with Crippen LogP contribution in [0.1, 0.15) is 11.1 Å². The summed E-state index contributed by atoms with van der Waals surface area (Å²) in [6.07, 6.45) is 0. The first-order valence-corrected chi connectivity index (χ1v) is 8.31. The lowest BCUT2D eigenvalue weighted by molar-refractivity contribution is 0.414. The van der Waals surface area contributed by atoms with Crippen LogP contribution in [0.2, 0.25) is 0 Å². The van der Waals surface area contributed by atoms with Crippen molar-refractivity contribution in [1.82, 2.24) is 4.57 Å². The lowest BCUT2D eigenvalue weighted by Crippen LogP contribution is -2.00. The summed E-state index contributed by atoms with van der Waals surface area (Å²) < 4.78 is 7.61. The first kappa shape index (κ1) is 16.0. The number of para-hydroxylation sites is 1. The number of benzene rings is 3. The lowest BCUT2D eigenvalue weighted by Gasteiger charge is -2.09. The third-order valence-corrected chi connectivity index (χ3v) is 4.63. The molecule has 0 unspecified atom stereocenters. The van der Waals surface area contributed by atoms with Crippen LogP contribution < -0.4 is 4.74 Å². The maximum absolute atomic E-state index is 7.82. The van der Waals surface area contributed by atoms with E-state index in [0.717, 1.165) is 39.7 Å². The second-order valence-electron chi connectivity index (χ2n) is 6.15. The number of rotatable bonds is 4. The Morgan fingerprint density at radius 3 is 2.58 bits per heavy atom. The lowest BCUT2D eigenvalue weighted by atomic mass is 10.1. The van der Waals surface area contributed by atoms with E-state index >= 15 is 0 Å². The molecule has 4 rings (SSSR count). The number of hydrogen-bond donors (Lipinski definition) is 2. The molecule has 4 aromatic rings. The average Bonchev–Trinajstić information content (AvgIpc) is 3.01. The summed E-state index contributed by atoms with van der Waals surface area (Å²) in [6, 6.07) is 22.1. The van der Waals surface area contributed by atoms with Crippen LogP contribution in [0.3, 0.4) is 0 Å². The Bertz CT molecular complexity index is 1140. The molecule has 2 N–H and O–H groups in total. The molecule has 0 aliphatic heterocycles. The summed E-state index contributed by atoms with van der Waals surface area (Å²) in [7, 11) is 1.67. The van der Waals surface area contributed by atoms with Crippen molar-refractivity contribution in [1.29, 1.82) is 10.9 Å². The summed E-state index contributed by atoms with van der Waals surface area (Å²) in [5.74, 6) is 0.813. The van der Waals surface area contributed by atoms with E-state index < -0.39 is 0 Å². The van der Waals surface area contributed by atoms with Crippen molar-refractivity contribution in [2.45, 2.75) is 6.54 Å². The molecule has 0 spiro atoms. The minimum Gasteiger partial charge on any atom is -0.497 e. The zero-order valence-corrected chi connectivity index (χ0v) is 14.4. The molecule has 0 fully saturated rings. The molecular weight excluding hydrogens is 324 g/mol. The second-order valence-corrected chi connectivity index (χ2v) is 6.15. The largest absolute Gasteiger partial charge is 0.497 e.